The molecule has 4 aromatic rings. The third-order valence-corrected chi connectivity index (χ3v) is 8.86. The van der Waals surface area contributed by atoms with Gasteiger partial charge in [-0.1, -0.05) is 62.7 Å². The van der Waals surface area contributed by atoms with Gasteiger partial charge in [-0.25, -0.2) is 9.07 Å². The van der Waals surface area contributed by atoms with Gasteiger partial charge in [0.25, 0.3) is 0 Å². The number of anilines is 1. The molecule has 0 unspecified atom stereocenters. The standard InChI is InChI=1S/C32H30ClFN4O4S/c1-32(2,3)30-28-29(20-10-13-24-25(14-20)42-18-41-24)43-17-27(40)37(16-26(39)35-15-19-8-11-21(34)12-9-19)31(28)38(36-30)23-7-5-4-6-22(23)33/h4-14,29H,15-18H2,1-3H3,(H,35,39)/t29-/m1/s1. The van der Waals surface area contributed by atoms with Gasteiger partial charge in [0.05, 0.1) is 27.4 Å². The van der Waals surface area contributed by atoms with E-state index in [1.165, 1.54) is 28.8 Å². The lowest BCUT2D eigenvalue weighted by Gasteiger charge is -2.24. The summed E-state index contributed by atoms with van der Waals surface area (Å²) < 4.78 is 26.3. The maximum absolute atomic E-state index is 13.9. The number of para-hydroxylation sites is 1. The third-order valence-electron chi connectivity index (χ3n) is 7.28. The first-order valence-electron chi connectivity index (χ1n) is 13.8. The van der Waals surface area contributed by atoms with Crippen LogP contribution in [0.25, 0.3) is 5.69 Å². The molecule has 43 heavy (non-hydrogen) atoms. The van der Waals surface area contributed by atoms with E-state index in [0.717, 1.165) is 22.4 Å². The normalized spacial score (nSPS) is 16.2. The third kappa shape index (κ3) is 5.81. The van der Waals surface area contributed by atoms with E-state index in [0.29, 0.717) is 28.0 Å². The molecule has 1 N–H and O–H groups in total. The van der Waals surface area contributed by atoms with Crippen LogP contribution in [-0.4, -0.2) is 40.7 Å². The quantitative estimate of drug-likeness (QED) is 0.277. The van der Waals surface area contributed by atoms with Crippen LogP contribution in [0.4, 0.5) is 10.2 Å². The number of aromatic nitrogens is 2. The summed E-state index contributed by atoms with van der Waals surface area (Å²) in [4.78, 5) is 28.7. The number of fused-ring (bicyclic) bond motifs is 2. The zero-order valence-electron chi connectivity index (χ0n) is 23.9. The van der Waals surface area contributed by atoms with E-state index in [9.17, 15) is 14.0 Å². The molecule has 0 bridgehead atoms. The van der Waals surface area contributed by atoms with E-state index in [1.54, 1.807) is 22.9 Å². The first-order chi connectivity index (χ1) is 20.6. The number of hydrogen-bond acceptors (Lipinski definition) is 6. The molecule has 0 fully saturated rings. The fourth-order valence-corrected chi connectivity index (χ4v) is 6.61. The number of carbonyl (C=O) groups is 2. The molecule has 2 amide bonds. The van der Waals surface area contributed by atoms with Crippen LogP contribution >= 0.6 is 23.4 Å². The zero-order valence-corrected chi connectivity index (χ0v) is 25.5. The van der Waals surface area contributed by atoms with Gasteiger partial charge in [0, 0.05) is 17.5 Å². The fourth-order valence-electron chi connectivity index (χ4n) is 5.21. The van der Waals surface area contributed by atoms with Crippen LogP contribution in [-0.2, 0) is 21.5 Å². The number of thioether (sulfide) groups is 1. The van der Waals surface area contributed by atoms with Crippen LogP contribution in [0.2, 0.25) is 5.02 Å². The number of benzene rings is 3. The molecule has 3 aromatic carbocycles. The maximum atomic E-state index is 13.9. The van der Waals surface area contributed by atoms with Crippen LogP contribution in [0.15, 0.2) is 66.7 Å². The Bertz CT molecular complexity index is 1700. The molecule has 2 aliphatic heterocycles. The molecule has 222 valence electrons. The minimum atomic E-state index is -0.421. The number of ether oxygens (including phenoxy) is 2. The molecule has 6 rings (SSSR count). The summed E-state index contributed by atoms with van der Waals surface area (Å²) in [6, 6.07) is 19.0. The summed E-state index contributed by atoms with van der Waals surface area (Å²) >= 11 is 8.17. The molecular formula is C32H30ClFN4O4S. The van der Waals surface area contributed by atoms with E-state index in [4.69, 9.17) is 26.2 Å². The Hall–Kier alpha value is -4.02. The van der Waals surface area contributed by atoms with Gasteiger partial charge in [-0.3, -0.25) is 14.5 Å². The molecule has 0 radical (unpaired) electrons. The number of hydrogen-bond donors (Lipinski definition) is 1. The Kier molecular flexibility index (Phi) is 7.83. The molecule has 0 saturated carbocycles. The predicted molar refractivity (Wildman–Crippen MR) is 165 cm³/mol. The Labute approximate surface area is 258 Å². The van der Waals surface area contributed by atoms with E-state index in [-0.39, 0.29) is 48.5 Å². The van der Waals surface area contributed by atoms with Crippen molar-refractivity contribution in [1.29, 1.82) is 0 Å². The van der Waals surface area contributed by atoms with Gasteiger partial charge in [0.2, 0.25) is 18.6 Å². The van der Waals surface area contributed by atoms with Gasteiger partial charge in [-0.15, -0.1) is 11.8 Å². The summed E-state index contributed by atoms with van der Waals surface area (Å²) in [5, 5.41) is 8.10. The average Bonchev–Trinajstić information content (AvgIpc) is 3.58. The molecule has 0 saturated heterocycles. The fraction of sp³-hybridized carbons (Fsp3) is 0.281. The second-order valence-electron chi connectivity index (χ2n) is 11.4. The average molecular weight is 621 g/mol. The Balaban J connectivity index is 1.47. The van der Waals surface area contributed by atoms with E-state index in [2.05, 4.69) is 26.1 Å². The minimum Gasteiger partial charge on any atom is -0.454 e. The van der Waals surface area contributed by atoms with Crippen LogP contribution in [0.5, 0.6) is 11.5 Å². The predicted octanol–water partition coefficient (Wildman–Crippen LogP) is 6.18. The molecule has 8 nitrogen and oxygen atoms in total. The van der Waals surface area contributed by atoms with Crippen molar-refractivity contribution in [3.05, 3.63) is 100.0 Å². The van der Waals surface area contributed by atoms with E-state index >= 15 is 0 Å². The van der Waals surface area contributed by atoms with Crippen LogP contribution in [0, 0.1) is 5.82 Å². The monoisotopic (exact) mass is 620 g/mol. The Morgan fingerprint density at radius 1 is 1.09 bits per heavy atom. The van der Waals surface area contributed by atoms with E-state index in [1.807, 2.05) is 36.4 Å². The highest BCUT2D eigenvalue weighted by atomic mass is 35.5. The number of halogens is 2. The number of carbonyl (C=O) groups excluding carboxylic acids is 2. The molecule has 3 heterocycles. The van der Waals surface area contributed by atoms with Crippen molar-refractivity contribution in [2.45, 2.75) is 38.0 Å². The highest BCUT2D eigenvalue weighted by Crippen LogP contribution is 2.50. The first-order valence-corrected chi connectivity index (χ1v) is 15.2. The van der Waals surface area contributed by atoms with Crippen LogP contribution < -0.4 is 19.7 Å². The minimum absolute atomic E-state index is 0.130. The number of nitrogens with zero attached hydrogens (tertiary/aromatic N) is 3. The topological polar surface area (TPSA) is 85.7 Å². The second kappa shape index (κ2) is 11.6. The lowest BCUT2D eigenvalue weighted by molar-refractivity contribution is -0.123. The van der Waals surface area contributed by atoms with Crippen molar-refractivity contribution < 1.29 is 23.5 Å². The smallest absolute Gasteiger partial charge is 0.240 e. The maximum Gasteiger partial charge on any atom is 0.240 e. The molecule has 11 heteroatoms. The summed E-state index contributed by atoms with van der Waals surface area (Å²) in [7, 11) is 0. The van der Waals surface area contributed by atoms with Crippen molar-refractivity contribution >= 4 is 41.0 Å². The van der Waals surface area contributed by atoms with Crippen molar-refractivity contribution in [1.82, 2.24) is 15.1 Å². The Morgan fingerprint density at radius 2 is 1.84 bits per heavy atom. The molecule has 1 atom stereocenters. The highest BCUT2D eigenvalue weighted by Gasteiger charge is 2.40. The summed E-state index contributed by atoms with van der Waals surface area (Å²) in [5.41, 5.74) is 3.45. The molecule has 0 spiro atoms. The number of nitrogens with one attached hydrogen (secondary N) is 1. The van der Waals surface area contributed by atoms with Crippen molar-refractivity contribution in [3.8, 4) is 17.2 Å². The molecular weight excluding hydrogens is 591 g/mol. The highest BCUT2D eigenvalue weighted by molar-refractivity contribution is 8.00. The van der Waals surface area contributed by atoms with Gasteiger partial charge in [-0.05, 0) is 47.5 Å². The Morgan fingerprint density at radius 3 is 2.58 bits per heavy atom. The molecule has 1 aromatic heterocycles. The van der Waals surface area contributed by atoms with Crippen molar-refractivity contribution in [3.63, 3.8) is 0 Å². The van der Waals surface area contributed by atoms with Gasteiger partial charge in [0.15, 0.2) is 11.5 Å². The van der Waals surface area contributed by atoms with Gasteiger partial charge in [0.1, 0.15) is 18.2 Å². The first kappa shape index (κ1) is 29.1. The number of amides is 2. The van der Waals surface area contributed by atoms with Crippen molar-refractivity contribution in [2.24, 2.45) is 0 Å². The van der Waals surface area contributed by atoms with Crippen LogP contribution in [0.1, 0.15) is 48.4 Å². The second-order valence-corrected chi connectivity index (χ2v) is 12.9. The summed E-state index contributed by atoms with van der Waals surface area (Å²) in [6.07, 6.45) is 0. The number of rotatable bonds is 6. The SMILES string of the molecule is CC(C)(C)c1nn(-c2ccccc2Cl)c2c1[C@@H](c1ccc3c(c1)OCO3)SCC(=O)N2CC(=O)NCc1ccc(F)cc1. The lowest BCUT2D eigenvalue weighted by Crippen LogP contribution is -2.42. The lowest BCUT2D eigenvalue weighted by atomic mass is 9.87. The van der Waals surface area contributed by atoms with Gasteiger partial charge < -0.3 is 14.8 Å². The van der Waals surface area contributed by atoms with Gasteiger partial charge >= 0.3 is 0 Å². The summed E-state index contributed by atoms with van der Waals surface area (Å²) in [6.45, 7) is 6.32. The molecule has 2 aliphatic rings. The largest absolute Gasteiger partial charge is 0.454 e. The van der Waals surface area contributed by atoms with Gasteiger partial charge in [-0.2, -0.15) is 5.10 Å². The summed E-state index contributed by atoms with van der Waals surface area (Å²) in [5.74, 6) is 0.983. The zero-order chi connectivity index (χ0) is 30.3. The molecule has 0 aliphatic carbocycles. The van der Waals surface area contributed by atoms with E-state index < -0.39 is 5.41 Å². The van der Waals surface area contributed by atoms with Crippen molar-refractivity contribution in [2.75, 3.05) is 24.0 Å². The van der Waals surface area contributed by atoms with Crippen LogP contribution in [0.3, 0.4) is 0 Å².